The van der Waals surface area contributed by atoms with E-state index in [1.165, 1.54) is 31.2 Å². The smallest absolute Gasteiger partial charge is 0.387 e. The molecule has 5 nitrogen and oxygen atoms in total. The van der Waals surface area contributed by atoms with E-state index in [-0.39, 0.29) is 17.9 Å². The van der Waals surface area contributed by atoms with Gasteiger partial charge in [-0.15, -0.1) is 0 Å². The van der Waals surface area contributed by atoms with Gasteiger partial charge >= 0.3 is 12.6 Å². The van der Waals surface area contributed by atoms with Crippen molar-refractivity contribution in [1.82, 2.24) is 4.90 Å². The molecular weight excluding hydrogens is 272 g/mol. The topological polar surface area (TPSA) is 66.8 Å². The molecule has 1 N–H and O–H groups in total. The molecule has 20 heavy (non-hydrogen) atoms. The number of para-hydroxylation sites is 1. The average Bonchev–Trinajstić information content (AvgIpc) is 2.39. The van der Waals surface area contributed by atoms with E-state index in [1.807, 2.05) is 0 Å². The molecule has 0 saturated carbocycles. The molecule has 0 bridgehead atoms. The maximum absolute atomic E-state index is 12.4. The number of carbonyl (C=O) groups is 2. The summed E-state index contributed by atoms with van der Waals surface area (Å²) in [6.45, 7) is -0.122. The van der Waals surface area contributed by atoms with Crippen LogP contribution in [0.25, 0.3) is 0 Å². The Labute approximate surface area is 114 Å². The van der Waals surface area contributed by atoms with Crippen LogP contribution in [0.4, 0.5) is 8.78 Å². The van der Waals surface area contributed by atoms with Crippen LogP contribution in [0.2, 0.25) is 0 Å². The van der Waals surface area contributed by atoms with Gasteiger partial charge in [0.05, 0.1) is 0 Å². The number of carbonyl (C=O) groups excluding carboxylic acids is 1. The minimum Gasteiger partial charge on any atom is -0.479 e. The van der Waals surface area contributed by atoms with E-state index in [0.717, 1.165) is 4.90 Å². The molecule has 0 aliphatic heterocycles. The van der Waals surface area contributed by atoms with Crippen LogP contribution >= 0.6 is 0 Å². The Balaban J connectivity index is 3.42. The van der Waals surface area contributed by atoms with Gasteiger partial charge in [-0.05, 0) is 19.9 Å². The number of hydrogen-bond donors (Lipinski definition) is 1. The van der Waals surface area contributed by atoms with Crippen molar-refractivity contribution in [2.75, 3.05) is 6.54 Å². The molecule has 1 aromatic carbocycles. The highest BCUT2D eigenvalue weighted by molar-refractivity contribution is 5.83. The van der Waals surface area contributed by atoms with Crippen molar-refractivity contribution in [2.24, 2.45) is 0 Å². The van der Waals surface area contributed by atoms with Gasteiger partial charge in [-0.3, -0.25) is 4.79 Å². The summed E-state index contributed by atoms with van der Waals surface area (Å²) >= 11 is 0. The predicted octanol–water partition coefficient (Wildman–Crippen LogP) is 2.07. The first-order chi connectivity index (χ1) is 9.37. The van der Waals surface area contributed by atoms with E-state index in [0.29, 0.717) is 6.41 Å². The molecule has 0 spiro atoms. The third-order valence-corrected chi connectivity index (χ3v) is 3.09. The van der Waals surface area contributed by atoms with E-state index in [1.54, 1.807) is 6.92 Å². The summed E-state index contributed by atoms with van der Waals surface area (Å²) in [5, 5.41) is 9.43. The normalized spacial score (nSPS) is 13.7. The minimum atomic E-state index is -3.08. The number of aliphatic carboxylic acids is 1. The Morgan fingerprint density at radius 1 is 1.50 bits per heavy atom. The summed E-state index contributed by atoms with van der Waals surface area (Å²) < 4.78 is 29.1. The molecule has 1 unspecified atom stereocenters. The van der Waals surface area contributed by atoms with Crippen LogP contribution in [0.5, 0.6) is 5.75 Å². The highest BCUT2D eigenvalue weighted by atomic mass is 19.3. The second kappa shape index (κ2) is 6.31. The van der Waals surface area contributed by atoms with Crippen LogP contribution in [0.1, 0.15) is 19.4 Å². The monoisotopic (exact) mass is 287 g/mol. The third kappa shape index (κ3) is 2.87. The number of halogens is 2. The summed E-state index contributed by atoms with van der Waals surface area (Å²) in [5.41, 5.74) is -1.80. The molecule has 1 amide bonds. The molecule has 0 aliphatic rings. The molecular formula is C13H15F2NO4. The zero-order chi connectivity index (χ0) is 15.3. The quantitative estimate of drug-likeness (QED) is 0.780. The van der Waals surface area contributed by atoms with Crippen LogP contribution in [0, 0.1) is 0 Å². The predicted molar refractivity (Wildman–Crippen MR) is 66.5 cm³/mol. The molecule has 0 heterocycles. The first-order valence-corrected chi connectivity index (χ1v) is 5.87. The van der Waals surface area contributed by atoms with Crippen molar-refractivity contribution < 1.29 is 28.2 Å². The fourth-order valence-electron chi connectivity index (χ4n) is 1.96. The van der Waals surface area contributed by atoms with Gasteiger partial charge in [0, 0.05) is 12.1 Å². The molecule has 0 radical (unpaired) electrons. The lowest BCUT2D eigenvalue weighted by molar-refractivity contribution is -0.155. The Hall–Kier alpha value is -2.18. The zero-order valence-electron chi connectivity index (χ0n) is 11.0. The summed E-state index contributed by atoms with van der Waals surface area (Å²) in [7, 11) is 0. The van der Waals surface area contributed by atoms with Crippen molar-refractivity contribution in [3.05, 3.63) is 29.8 Å². The van der Waals surface area contributed by atoms with E-state index < -0.39 is 18.1 Å². The van der Waals surface area contributed by atoms with Crippen LogP contribution in [0.15, 0.2) is 24.3 Å². The molecule has 0 fully saturated rings. The summed E-state index contributed by atoms with van der Waals surface area (Å²) in [6, 6.07) is 5.52. The fraction of sp³-hybridized carbons (Fsp3) is 0.385. The first-order valence-electron chi connectivity index (χ1n) is 5.87. The zero-order valence-corrected chi connectivity index (χ0v) is 11.0. The van der Waals surface area contributed by atoms with Crippen LogP contribution in [-0.2, 0) is 15.1 Å². The Morgan fingerprint density at radius 3 is 2.55 bits per heavy atom. The lowest BCUT2D eigenvalue weighted by atomic mass is 9.89. The van der Waals surface area contributed by atoms with Crippen molar-refractivity contribution in [2.45, 2.75) is 26.0 Å². The average molecular weight is 287 g/mol. The standard InChI is InChI=1S/C13H15F2NO4/c1-3-16(8-17)13(2,11(18)19)9-6-4-5-7-10(9)20-12(14)15/h4-8,12H,3H2,1-2H3,(H,18,19). The summed E-state index contributed by atoms with van der Waals surface area (Å²) in [4.78, 5) is 23.6. The minimum absolute atomic E-state index is 0.0123. The number of rotatable bonds is 7. The number of carboxylic acid groups (broad SMARTS) is 1. The van der Waals surface area contributed by atoms with Gasteiger partial charge < -0.3 is 14.7 Å². The molecule has 1 rings (SSSR count). The molecule has 1 aromatic rings. The Morgan fingerprint density at radius 2 is 2.10 bits per heavy atom. The lowest BCUT2D eigenvalue weighted by Crippen LogP contribution is -2.49. The van der Waals surface area contributed by atoms with Gasteiger partial charge in [-0.2, -0.15) is 8.78 Å². The number of alkyl halides is 2. The number of nitrogens with zero attached hydrogens (tertiary/aromatic N) is 1. The van der Waals surface area contributed by atoms with Gasteiger partial charge in [-0.25, -0.2) is 4.79 Å². The van der Waals surface area contributed by atoms with E-state index in [9.17, 15) is 23.5 Å². The maximum atomic E-state index is 12.4. The number of carboxylic acids is 1. The van der Waals surface area contributed by atoms with Gasteiger partial charge in [0.1, 0.15) is 5.75 Å². The van der Waals surface area contributed by atoms with Crippen molar-refractivity contribution in [3.63, 3.8) is 0 Å². The molecule has 0 aromatic heterocycles. The van der Waals surface area contributed by atoms with Gasteiger partial charge in [0.25, 0.3) is 0 Å². The molecule has 0 saturated heterocycles. The number of benzene rings is 1. The van der Waals surface area contributed by atoms with E-state index in [4.69, 9.17) is 0 Å². The van der Waals surface area contributed by atoms with Crippen LogP contribution in [0.3, 0.4) is 0 Å². The van der Waals surface area contributed by atoms with Gasteiger partial charge in [0.2, 0.25) is 6.41 Å². The first kappa shape index (κ1) is 15.9. The number of ether oxygens (including phenoxy) is 1. The van der Waals surface area contributed by atoms with Gasteiger partial charge in [-0.1, -0.05) is 18.2 Å². The highest BCUT2D eigenvalue weighted by Gasteiger charge is 2.42. The van der Waals surface area contributed by atoms with Crippen molar-refractivity contribution in [3.8, 4) is 5.75 Å². The molecule has 7 heteroatoms. The van der Waals surface area contributed by atoms with Crippen molar-refractivity contribution in [1.29, 1.82) is 0 Å². The summed E-state index contributed by atoms with van der Waals surface area (Å²) in [6.07, 6.45) is 0.368. The Kier molecular flexibility index (Phi) is 5.01. The lowest BCUT2D eigenvalue weighted by Gasteiger charge is -2.35. The number of hydrogen-bond acceptors (Lipinski definition) is 3. The number of amides is 1. The van der Waals surface area contributed by atoms with E-state index >= 15 is 0 Å². The highest BCUT2D eigenvalue weighted by Crippen LogP contribution is 2.35. The largest absolute Gasteiger partial charge is 0.479 e. The van der Waals surface area contributed by atoms with Crippen LogP contribution in [-0.4, -0.2) is 35.5 Å². The van der Waals surface area contributed by atoms with E-state index in [2.05, 4.69) is 4.74 Å². The van der Waals surface area contributed by atoms with Crippen LogP contribution < -0.4 is 4.74 Å². The maximum Gasteiger partial charge on any atom is 0.387 e. The second-order valence-corrected chi connectivity index (χ2v) is 4.14. The fourth-order valence-corrected chi connectivity index (χ4v) is 1.96. The summed E-state index contributed by atoms with van der Waals surface area (Å²) in [5.74, 6) is -1.61. The SMILES string of the molecule is CCN(C=O)C(C)(C(=O)O)c1ccccc1OC(F)F. The molecule has 0 aliphatic carbocycles. The van der Waals surface area contributed by atoms with Gasteiger partial charge in [0.15, 0.2) is 5.54 Å². The van der Waals surface area contributed by atoms with Crippen molar-refractivity contribution >= 4 is 12.4 Å². The second-order valence-electron chi connectivity index (χ2n) is 4.14. The Bertz CT molecular complexity index is 495. The molecule has 110 valence electrons. The molecule has 1 atom stereocenters. The third-order valence-electron chi connectivity index (χ3n) is 3.09. The number of likely N-dealkylation sites (N-methyl/N-ethyl adjacent to an activating group) is 1.